The van der Waals surface area contributed by atoms with Crippen LogP contribution < -0.4 is 0 Å². The summed E-state index contributed by atoms with van der Waals surface area (Å²) < 4.78 is 7.18. The number of hydrogen-bond donors (Lipinski definition) is 0. The van der Waals surface area contributed by atoms with Gasteiger partial charge in [-0.1, -0.05) is 6.07 Å². The molecule has 1 aliphatic rings. The molecule has 0 spiro atoms. The zero-order valence-electron chi connectivity index (χ0n) is 10.6. The van der Waals surface area contributed by atoms with E-state index in [0.29, 0.717) is 15.9 Å². The molecule has 8 heteroatoms. The fraction of sp³-hybridized carbons (Fsp3) is 0.417. The van der Waals surface area contributed by atoms with Gasteiger partial charge in [-0.05, 0) is 47.2 Å². The minimum Gasteiger partial charge on any atom is -0.381 e. The maximum absolute atomic E-state index is 8.87. The highest BCUT2D eigenvalue weighted by Crippen LogP contribution is 2.28. The number of tetrazole rings is 1. The molecule has 1 saturated heterocycles. The number of nitrogens with zero attached hydrogens (tertiary/aromatic N) is 6. The van der Waals surface area contributed by atoms with Gasteiger partial charge in [-0.2, -0.15) is 5.26 Å². The van der Waals surface area contributed by atoms with Crippen LogP contribution in [-0.4, -0.2) is 38.4 Å². The predicted octanol–water partition coefficient (Wildman–Crippen LogP) is 1.44. The maximum atomic E-state index is 8.87. The van der Waals surface area contributed by atoms with Crippen LogP contribution in [0.1, 0.15) is 24.6 Å². The first-order valence-corrected chi connectivity index (χ1v) is 7.09. The highest BCUT2D eigenvalue weighted by atomic mass is 32.2. The van der Waals surface area contributed by atoms with Crippen molar-refractivity contribution >= 4 is 11.8 Å². The molecule has 0 amide bonds. The lowest BCUT2D eigenvalue weighted by atomic mass is 10.1. The quantitative estimate of drug-likeness (QED) is 0.844. The van der Waals surface area contributed by atoms with Gasteiger partial charge in [0.25, 0.3) is 0 Å². The lowest BCUT2D eigenvalue weighted by Gasteiger charge is -2.22. The molecule has 0 atom stereocenters. The normalized spacial score (nSPS) is 15.9. The van der Waals surface area contributed by atoms with Gasteiger partial charge in [0.1, 0.15) is 16.8 Å². The molecule has 7 nitrogen and oxygen atoms in total. The van der Waals surface area contributed by atoms with Crippen molar-refractivity contribution in [3.05, 3.63) is 23.9 Å². The van der Waals surface area contributed by atoms with Crippen molar-refractivity contribution in [1.82, 2.24) is 25.2 Å². The summed E-state index contributed by atoms with van der Waals surface area (Å²) in [6.45, 7) is 1.47. The maximum Gasteiger partial charge on any atom is 0.215 e. The molecular formula is C12H12N6OS. The minimum absolute atomic E-state index is 0.264. The van der Waals surface area contributed by atoms with E-state index in [9.17, 15) is 0 Å². The van der Waals surface area contributed by atoms with Crippen LogP contribution >= 0.6 is 11.8 Å². The Balaban J connectivity index is 1.80. The van der Waals surface area contributed by atoms with Gasteiger partial charge in [-0.15, -0.1) is 5.10 Å². The largest absolute Gasteiger partial charge is 0.381 e. The van der Waals surface area contributed by atoms with E-state index in [0.717, 1.165) is 26.1 Å². The summed E-state index contributed by atoms with van der Waals surface area (Å²) in [5.74, 6) is 0. The second kappa shape index (κ2) is 5.98. The third-order valence-corrected chi connectivity index (χ3v) is 3.92. The molecule has 20 heavy (non-hydrogen) atoms. The number of ether oxygens (including phenoxy) is 1. The summed E-state index contributed by atoms with van der Waals surface area (Å²) in [5, 5.41) is 22.1. The Morgan fingerprint density at radius 3 is 3.00 bits per heavy atom. The molecule has 0 bridgehead atoms. The molecule has 0 radical (unpaired) electrons. The van der Waals surface area contributed by atoms with Crippen LogP contribution in [0.2, 0.25) is 0 Å². The van der Waals surface area contributed by atoms with Gasteiger partial charge in [-0.3, -0.25) is 0 Å². The zero-order chi connectivity index (χ0) is 13.8. The Morgan fingerprint density at radius 2 is 2.20 bits per heavy atom. The summed E-state index contributed by atoms with van der Waals surface area (Å²) in [6.07, 6.45) is 1.81. The van der Waals surface area contributed by atoms with Crippen molar-refractivity contribution < 1.29 is 4.74 Å². The van der Waals surface area contributed by atoms with E-state index in [-0.39, 0.29) is 6.04 Å². The van der Waals surface area contributed by atoms with Crippen LogP contribution in [0, 0.1) is 11.3 Å². The van der Waals surface area contributed by atoms with Crippen LogP contribution in [0.25, 0.3) is 0 Å². The average Bonchev–Trinajstić information content (AvgIpc) is 2.96. The smallest absolute Gasteiger partial charge is 0.215 e. The fourth-order valence-corrected chi connectivity index (χ4v) is 2.87. The minimum atomic E-state index is 0.264. The fourth-order valence-electron chi connectivity index (χ4n) is 2.04. The van der Waals surface area contributed by atoms with Crippen LogP contribution in [0.15, 0.2) is 28.4 Å². The highest BCUT2D eigenvalue weighted by molar-refractivity contribution is 7.99. The molecule has 2 aromatic rings. The molecule has 3 heterocycles. The van der Waals surface area contributed by atoms with Crippen molar-refractivity contribution in [2.24, 2.45) is 0 Å². The Labute approximate surface area is 120 Å². The van der Waals surface area contributed by atoms with E-state index in [4.69, 9.17) is 10.00 Å². The van der Waals surface area contributed by atoms with Gasteiger partial charge < -0.3 is 4.74 Å². The lowest BCUT2D eigenvalue weighted by molar-refractivity contribution is 0.0631. The number of rotatable bonds is 3. The molecule has 3 rings (SSSR count). The molecule has 0 N–H and O–H groups in total. The molecule has 2 aromatic heterocycles. The van der Waals surface area contributed by atoms with Gasteiger partial charge in [0, 0.05) is 13.2 Å². The van der Waals surface area contributed by atoms with E-state index in [1.165, 1.54) is 11.8 Å². The Bertz CT molecular complexity index is 631. The number of hydrogen-bond acceptors (Lipinski definition) is 7. The summed E-state index contributed by atoms with van der Waals surface area (Å²) in [7, 11) is 0. The number of nitriles is 1. The zero-order valence-corrected chi connectivity index (χ0v) is 11.5. The SMILES string of the molecule is N#Cc1cccc(Sc2nnnn2C2CCOCC2)n1. The Morgan fingerprint density at radius 1 is 1.35 bits per heavy atom. The summed E-state index contributed by atoms with van der Waals surface area (Å²) >= 11 is 1.37. The van der Waals surface area contributed by atoms with Crippen LogP contribution in [0.4, 0.5) is 0 Å². The molecule has 0 aliphatic carbocycles. The van der Waals surface area contributed by atoms with E-state index < -0.39 is 0 Å². The molecule has 1 fully saturated rings. The third kappa shape index (κ3) is 2.79. The monoisotopic (exact) mass is 288 g/mol. The van der Waals surface area contributed by atoms with Crippen molar-refractivity contribution in [3.63, 3.8) is 0 Å². The predicted molar refractivity (Wildman–Crippen MR) is 70.0 cm³/mol. The first kappa shape index (κ1) is 13.0. The molecule has 0 aromatic carbocycles. The van der Waals surface area contributed by atoms with Crippen LogP contribution in [-0.2, 0) is 4.74 Å². The number of pyridine rings is 1. The van der Waals surface area contributed by atoms with Crippen molar-refractivity contribution in [3.8, 4) is 6.07 Å². The number of aromatic nitrogens is 5. The van der Waals surface area contributed by atoms with Gasteiger partial charge in [0.2, 0.25) is 5.16 Å². The summed E-state index contributed by atoms with van der Waals surface area (Å²) in [6, 6.07) is 7.61. The van der Waals surface area contributed by atoms with E-state index in [1.807, 2.05) is 16.8 Å². The van der Waals surface area contributed by atoms with E-state index >= 15 is 0 Å². The Hall–Kier alpha value is -1.98. The summed E-state index contributed by atoms with van der Waals surface area (Å²) in [5.41, 5.74) is 0.389. The van der Waals surface area contributed by atoms with E-state index in [2.05, 4.69) is 20.5 Å². The van der Waals surface area contributed by atoms with Crippen molar-refractivity contribution in [2.45, 2.75) is 29.1 Å². The van der Waals surface area contributed by atoms with Gasteiger partial charge in [0.05, 0.1) is 6.04 Å². The second-order valence-corrected chi connectivity index (χ2v) is 5.31. The van der Waals surface area contributed by atoms with Gasteiger partial charge in [-0.25, -0.2) is 9.67 Å². The van der Waals surface area contributed by atoms with Crippen LogP contribution in [0.3, 0.4) is 0 Å². The third-order valence-electron chi connectivity index (χ3n) is 3.03. The highest BCUT2D eigenvalue weighted by Gasteiger charge is 2.21. The van der Waals surface area contributed by atoms with Crippen molar-refractivity contribution in [1.29, 1.82) is 5.26 Å². The van der Waals surface area contributed by atoms with Gasteiger partial charge in [0.15, 0.2) is 0 Å². The molecule has 0 saturated carbocycles. The average molecular weight is 288 g/mol. The first-order chi connectivity index (χ1) is 9.86. The molecule has 102 valence electrons. The Kier molecular flexibility index (Phi) is 3.90. The first-order valence-electron chi connectivity index (χ1n) is 6.27. The molecule has 0 unspecified atom stereocenters. The second-order valence-electron chi connectivity index (χ2n) is 4.32. The molecular weight excluding hydrogens is 276 g/mol. The van der Waals surface area contributed by atoms with Gasteiger partial charge >= 0.3 is 0 Å². The summed E-state index contributed by atoms with van der Waals surface area (Å²) in [4.78, 5) is 4.22. The molecule has 1 aliphatic heterocycles. The lowest BCUT2D eigenvalue weighted by Crippen LogP contribution is -2.21. The topological polar surface area (TPSA) is 89.5 Å². The van der Waals surface area contributed by atoms with Crippen LogP contribution in [0.5, 0.6) is 0 Å². The van der Waals surface area contributed by atoms with Crippen molar-refractivity contribution in [2.75, 3.05) is 13.2 Å². The van der Waals surface area contributed by atoms with E-state index in [1.54, 1.807) is 12.1 Å². The standard InChI is InChI=1S/C12H12N6OS/c13-8-9-2-1-3-11(14-9)20-12-15-16-17-18(12)10-4-6-19-7-5-10/h1-3,10H,4-7H2.